The average molecular weight is 802 g/mol. The fraction of sp³-hybridized carbons (Fsp3) is 0. The average Bonchev–Trinajstić information content (AvgIpc) is 3.99. The Balaban J connectivity index is 0.961. The van der Waals surface area contributed by atoms with E-state index in [0.29, 0.717) is 5.82 Å². The molecule has 0 unspecified atom stereocenters. The smallest absolute Gasteiger partial charge is 0.157 e. The summed E-state index contributed by atoms with van der Waals surface area (Å²) in [6.45, 7) is 0. The molecule has 8 aromatic carbocycles. The minimum Gasteiger partial charge on any atom is -0.456 e. The Hall–Kier alpha value is -8.07. The molecule has 0 N–H and O–H groups in total. The number of hydrogen-bond acceptors (Lipinski definition) is 8. The quantitative estimate of drug-likeness (QED) is 0.166. The third kappa shape index (κ3) is 5.46. The van der Waals surface area contributed by atoms with Gasteiger partial charge < -0.3 is 8.83 Å². The molecule has 8 heteroatoms. The highest BCUT2D eigenvalue weighted by molar-refractivity contribution is 7.25. The number of para-hydroxylation sites is 2. The van der Waals surface area contributed by atoms with E-state index in [1.54, 1.807) is 11.3 Å². The van der Waals surface area contributed by atoms with Gasteiger partial charge >= 0.3 is 0 Å². The Morgan fingerprint density at radius 3 is 1.43 bits per heavy atom. The SMILES string of the molecule is c1ccc2cc(N(c3ccc4c(c3)oc3ccccc34)c3ccc4c(n3)sc3nc(N(c5ccc6ccccc6c5)c5ccc6c(c5)oc5ccccc56)cnc34)ccc2c1. The highest BCUT2D eigenvalue weighted by Gasteiger charge is 2.22. The topological polar surface area (TPSA) is 71.4 Å². The monoisotopic (exact) mass is 801 g/mol. The van der Waals surface area contributed by atoms with Crippen molar-refractivity contribution in [1.29, 1.82) is 0 Å². The maximum Gasteiger partial charge on any atom is 0.157 e. The van der Waals surface area contributed by atoms with E-state index in [9.17, 15) is 0 Å². The first-order valence-electron chi connectivity index (χ1n) is 20.2. The van der Waals surface area contributed by atoms with E-state index in [-0.39, 0.29) is 0 Å². The van der Waals surface area contributed by atoms with Crippen LogP contribution in [0.4, 0.5) is 34.4 Å². The number of aromatic nitrogens is 3. The summed E-state index contributed by atoms with van der Waals surface area (Å²) in [4.78, 5) is 21.8. The summed E-state index contributed by atoms with van der Waals surface area (Å²) in [5.41, 5.74) is 8.01. The second-order valence-corrected chi connectivity index (χ2v) is 16.3. The normalized spacial score (nSPS) is 11.9. The molecule has 0 spiro atoms. The molecular weight excluding hydrogens is 771 g/mol. The van der Waals surface area contributed by atoms with Gasteiger partial charge in [-0.05, 0) is 94.3 Å². The van der Waals surface area contributed by atoms with Crippen molar-refractivity contribution in [2.75, 3.05) is 9.80 Å². The van der Waals surface area contributed by atoms with Crippen molar-refractivity contribution in [1.82, 2.24) is 15.0 Å². The fourth-order valence-electron chi connectivity index (χ4n) is 8.80. The van der Waals surface area contributed by atoms with Gasteiger partial charge in [-0.3, -0.25) is 9.80 Å². The Morgan fingerprint density at radius 1 is 0.361 bits per heavy atom. The Labute approximate surface area is 352 Å². The van der Waals surface area contributed by atoms with Gasteiger partial charge in [-0.25, -0.2) is 15.0 Å². The molecule has 5 heterocycles. The molecule has 13 rings (SSSR count). The van der Waals surface area contributed by atoms with E-state index in [2.05, 4.69) is 155 Å². The number of nitrogens with zero attached hydrogens (tertiary/aromatic N) is 5. The van der Waals surface area contributed by atoms with E-state index in [1.165, 1.54) is 10.8 Å². The van der Waals surface area contributed by atoms with Crippen LogP contribution in [0.1, 0.15) is 0 Å². The Bertz CT molecular complexity index is 3630. The van der Waals surface area contributed by atoms with E-state index < -0.39 is 0 Å². The molecule has 0 aliphatic carbocycles. The van der Waals surface area contributed by atoms with Crippen LogP contribution in [0.15, 0.2) is 197 Å². The number of pyridine rings is 1. The van der Waals surface area contributed by atoms with Crippen molar-refractivity contribution in [3.63, 3.8) is 0 Å². The third-order valence-electron chi connectivity index (χ3n) is 11.7. The number of anilines is 6. The van der Waals surface area contributed by atoms with Crippen LogP contribution in [0, 0.1) is 0 Å². The van der Waals surface area contributed by atoms with Crippen molar-refractivity contribution in [2.24, 2.45) is 0 Å². The summed E-state index contributed by atoms with van der Waals surface area (Å²) >= 11 is 1.55. The lowest BCUT2D eigenvalue weighted by Gasteiger charge is -2.24. The maximum atomic E-state index is 6.37. The van der Waals surface area contributed by atoms with Crippen LogP contribution < -0.4 is 9.80 Å². The molecule has 0 atom stereocenters. The second-order valence-electron chi connectivity index (χ2n) is 15.3. The summed E-state index contributed by atoms with van der Waals surface area (Å²) in [5, 5.41) is 9.92. The van der Waals surface area contributed by atoms with Crippen molar-refractivity contribution >= 4 is 132 Å². The summed E-state index contributed by atoms with van der Waals surface area (Å²) in [7, 11) is 0. The number of fused-ring (bicyclic) bond motifs is 11. The Kier molecular flexibility index (Phi) is 7.34. The molecule has 0 amide bonds. The molecule has 7 nitrogen and oxygen atoms in total. The molecule has 0 fully saturated rings. The zero-order chi connectivity index (χ0) is 40.0. The summed E-state index contributed by atoms with van der Waals surface area (Å²) in [6, 6.07) is 63.2. The van der Waals surface area contributed by atoms with Crippen molar-refractivity contribution in [3.8, 4) is 0 Å². The number of benzene rings is 8. The lowest BCUT2D eigenvalue weighted by molar-refractivity contribution is 0.668. The largest absolute Gasteiger partial charge is 0.456 e. The van der Waals surface area contributed by atoms with E-state index in [4.69, 9.17) is 23.8 Å². The second kappa shape index (κ2) is 13.2. The van der Waals surface area contributed by atoms with Crippen LogP contribution in [0.2, 0.25) is 0 Å². The van der Waals surface area contributed by atoms with Gasteiger partial charge in [0, 0.05) is 50.4 Å². The van der Waals surface area contributed by atoms with Gasteiger partial charge in [0.1, 0.15) is 43.3 Å². The highest BCUT2D eigenvalue weighted by atomic mass is 32.1. The van der Waals surface area contributed by atoms with Gasteiger partial charge in [0.25, 0.3) is 0 Å². The van der Waals surface area contributed by atoms with Crippen molar-refractivity contribution in [3.05, 3.63) is 188 Å². The maximum absolute atomic E-state index is 6.37. The Morgan fingerprint density at radius 2 is 0.820 bits per heavy atom. The van der Waals surface area contributed by atoms with Crippen molar-refractivity contribution in [2.45, 2.75) is 0 Å². The first-order chi connectivity index (χ1) is 30.2. The van der Waals surface area contributed by atoms with Crippen molar-refractivity contribution < 1.29 is 8.83 Å². The molecule has 0 saturated heterocycles. The molecule has 0 aliphatic heterocycles. The van der Waals surface area contributed by atoms with Crippen LogP contribution >= 0.6 is 11.3 Å². The summed E-state index contributed by atoms with van der Waals surface area (Å²) in [5.74, 6) is 1.48. The van der Waals surface area contributed by atoms with Crippen LogP contribution in [-0.2, 0) is 0 Å². The first-order valence-corrected chi connectivity index (χ1v) is 21.0. The highest BCUT2D eigenvalue weighted by Crippen LogP contribution is 2.43. The molecule has 286 valence electrons. The lowest BCUT2D eigenvalue weighted by atomic mass is 10.1. The molecular formula is C53H31N5O2S. The number of furan rings is 2. The summed E-state index contributed by atoms with van der Waals surface area (Å²) in [6.07, 6.45) is 1.87. The van der Waals surface area contributed by atoms with E-state index in [1.807, 2.05) is 42.6 Å². The third-order valence-corrected chi connectivity index (χ3v) is 12.7. The summed E-state index contributed by atoms with van der Waals surface area (Å²) < 4.78 is 12.7. The molecule has 5 aromatic heterocycles. The molecule has 0 aliphatic rings. The molecule has 61 heavy (non-hydrogen) atoms. The predicted molar refractivity (Wildman–Crippen MR) is 252 cm³/mol. The number of thiophene rings is 1. The van der Waals surface area contributed by atoms with Gasteiger partial charge in [0.05, 0.1) is 17.6 Å². The minimum atomic E-state index is 0.696. The van der Waals surface area contributed by atoms with E-state index >= 15 is 0 Å². The minimum absolute atomic E-state index is 0.696. The van der Waals surface area contributed by atoms with Gasteiger partial charge in [0.2, 0.25) is 0 Å². The zero-order valence-corrected chi connectivity index (χ0v) is 33.2. The number of hydrogen-bond donors (Lipinski definition) is 0. The van der Waals surface area contributed by atoms with Gasteiger partial charge in [-0.1, -0.05) is 108 Å². The van der Waals surface area contributed by atoms with Gasteiger partial charge in [0.15, 0.2) is 5.82 Å². The van der Waals surface area contributed by atoms with E-state index in [0.717, 1.165) is 104 Å². The number of rotatable bonds is 6. The molecule has 0 saturated carbocycles. The van der Waals surface area contributed by atoms with Crippen LogP contribution in [0.25, 0.3) is 86.0 Å². The van der Waals surface area contributed by atoms with Crippen LogP contribution in [0.5, 0.6) is 0 Å². The zero-order valence-electron chi connectivity index (χ0n) is 32.4. The van der Waals surface area contributed by atoms with Crippen LogP contribution in [0.3, 0.4) is 0 Å². The first kappa shape index (κ1) is 33.9. The lowest BCUT2D eigenvalue weighted by Crippen LogP contribution is -2.12. The van der Waals surface area contributed by atoms with Crippen LogP contribution in [-0.4, -0.2) is 15.0 Å². The fourth-order valence-corrected chi connectivity index (χ4v) is 9.79. The predicted octanol–water partition coefficient (Wildman–Crippen LogP) is 15.3. The standard InChI is InChI=1S/C53H31N5O2S/c1-3-11-34-27-36(19-17-32(34)9-1)57(38-21-23-42-40-13-5-7-15-45(40)59-47(42)29-38)49-26-25-44-51-53(61-52(44)55-49)56-50(31-54-51)58(37-20-18-33-10-2-4-12-35(33)28-37)39-22-24-43-41-14-6-8-16-46(41)60-48(43)30-39/h1-31H. The van der Waals surface area contributed by atoms with Gasteiger partial charge in [-0.2, -0.15) is 0 Å². The molecule has 0 bridgehead atoms. The molecule has 13 aromatic rings. The van der Waals surface area contributed by atoms with Gasteiger partial charge in [-0.15, -0.1) is 0 Å². The molecule has 0 radical (unpaired) electrons.